The van der Waals surface area contributed by atoms with Gasteiger partial charge in [0, 0.05) is 37.3 Å². The van der Waals surface area contributed by atoms with Crippen LogP contribution >= 0.6 is 0 Å². The number of rotatable bonds is 4. The molecular formula is C15H17N5. The molecule has 102 valence electrons. The Morgan fingerprint density at radius 1 is 1.30 bits per heavy atom. The molecule has 0 saturated carbocycles. The Bertz CT molecular complexity index is 719. The molecule has 20 heavy (non-hydrogen) atoms. The summed E-state index contributed by atoms with van der Waals surface area (Å²) in [6.45, 7) is 0. The molecule has 1 atom stereocenters. The van der Waals surface area contributed by atoms with Gasteiger partial charge in [0.1, 0.15) is 0 Å². The van der Waals surface area contributed by atoms with Gasteiger partial charge in [0.15, 0.2) is 0 Å². The number of benzene rings is 1. The molecule has 0 fully saturated rings. The lowest BCUT2D eigenvalue weighted by atomic mass is 10.0. The van der Waals surface area contributed by atoms with Crippen molar-refractivity contribution in [2.24, 2.45) is 7.05 Å². The maximum atomic E-state index is 4.35. The van der Waals surface area contributed by atoms with Crippen molar-refractivity contribution in [3.63, 3.8) is 0 Å². The van der Waals surface area contributed by atoms with E-state index in [-0.39, 0.29) is 6.04 Å². The Balaban J connectivity index is 1.90. The fraction of sp³-hybridized carbons (Fsp3) is 0.267. The van der Waals surface area contributed by atoms with Crippen LogP contribution in [0.25, 0.3) is 10.9 Å². The molecule has 2 heterocycles. The lowest BCUT2D eigenvalue weighted by Crippen LogP contribution is -2.19. The Morgan fingerprint density at radius 3 is 2.95 bits per heavy atom. The fourth-order valence-electron chi connectivity index (χ4n) is 2.40. The number of hydrogen-bond donors (Lipinski definition) is 1. The minimum absolute atomic E-state index is 0.219. The number of nitrogens with one attached hydrogen (secondary N) is 1. The Kier molecular flexibility index (Phi) is 3.43. The summed E-state index contributed by atoms with van der Waals surface area (Å²) in [4.78, 5) is 4.35. The Hall–Kier alpha value is -2.27. The van der Waals surface area contributed by atoms with E-state index in [0.29, 0.717) is 0 Å². The van der Waals surface area contributed by atoms with Gasteiger partial charge in [0.05, 0.1) is 11.2 Å². The van der Waals surface area contributed by atoms with Gasteiger partial charge in [-0.05, 0) is 30.8 Å². The molecule has 3 rings (SSSR count). The third-order valence-electron chi connectivity index (χ3n) is 3.44. The molecule has 0 bridgehead atoms. The molecule has 0 radical (unpaired) electrons. The molecule has 2 aromatic heterocycles. The zero-order valence-corrected chi connectivity index (χ0v) is 11.6. The predicted molar refractivity (Wildman–Crippen MR) is 78.3 cm³/mol. The first kappa shape index (κ1) is 12.7. The van der Waals surface area contributed by atoms with Crippen molar-refractivity contribution >= 4 is 10.9 Å². The monoisotopic (exact) mass is 267 g/mol. The van der Waals surface area contributed by atoms with E-state index in [1.807, 2.05) is 32.6 Å². The van der Waals surface area contributed by atoms with Crippen LogP contribution in [0.5, 0.6) is 0 Å². The zero-order chi connectivity index (χ0) is 13.9. The van der Waals surface area contributed by atoms with Crippen LogP contribution in [0.15, 0.2) is 42.7 Å². The van der Waals surface area contributed by atoms with Gasteiger partial charge >= 0.3 is 0 Å². The number of aromatic nitrogens is 4. The largest absolute Gasteiger partial charge is 0.313 e. The quantitative estimate of drug-likeness (QED) is 0.784. The number of likely N-dealkylation sites (N-methyl/N-ethyl adjacent to an activating group) is 1. The summed E-state index contributed by atoms with van der Waals surface area (Å²) in [5, 5.41) is 12.6. The molecule has 0 amide bonds. The second-order valence-electron chi connectivity index (χ2n) is 4.88. The van der Waals surface area contributed by atoms with Crippen LogP contribution in [-0.2, 0) is 13.5 Å². The van der Waals surface area contributed by atoms with Gasteiger partial charge in [-0.3, -0.25) is 9.67 Å². The van der Waals surface area contributed by atoms with Crippen LogP contribution in [0.3, 0.4) is 0 Å². The summed E-state index contributed by atoms with van der Waals surface area (Å²) in [6.07, 6.45) is 4.58. The van der Waals surface area contributed by atoms with Crippen molar-refractivity contribution in [2.45, 2.75) is 12.5 Å². The van der Waals surface area contributed by atoms with Gasteiger partial charge in [0.25, 0.3) is 0 Å². The highest BCUT2D eigenvalue weighted by atomic mass is 15.4. The van der Waals surface area contributed by atoms with Gasteiger partial charge in [-0.25, -0.2) is 0 Å². The van der Waals surface area contributed by atoms with Crippen molar-refractivity contribution in [3.8, 4) is 0 Å². The average Bonchev–Trinajstić information content (AvgIpc) is 2.89. The first-order valence-corrected chi connectivity index (χ1v) is 6.63. The highest BCUT2D eigenvalue weighted by Crippen LogP contribution is 2.21. The maximum Gasteiger partial charge on any atom is 0.0845 e. The summed E-state index contributed by atoms with van der Waals surface area (Å²) in [7, 11) is 3.85. The summed E-state index contributed by atoms with van der Waals surface area (Å²) < 4.78 is 1.73. The van der Waals surface area contributed by atoms with Crippen LogP contribution in [0.4, 0.5) is 0 Å². The normalized spacial score (nSPS) is 12.7. The molecule has 5 nitrogen and oxygen atoms in total. The van der Waals surface area contributed by atoms with Crippen LogP contribution < -0.4 is 5.32 Å². The average molecular weight is 267 g/mol. The first-order valence-electron chi connectivity index (χ1n) is 6.63. The van der Waals surface area contributed by atoms with Gasteiger partial charge in [-0.2, -0.15) is 0 Å². The zero-order valence-electron chi connectivity index (χ0n) is 11.6. The van der Waals surface area contributed by atoms with Crippen molar-refractivity contribution in [1.82, 2.24) is 25.3 Å². The molecule has 0 aliphatic rings. The van der Waals surface area contributed by atoms with E-state index in [9.17, 15) is 0 Å². The summed E-state index contributed by atoms with van der Waals surface area (Å²) >= 11 is 0. The molecular weight excluding hydrogens is 250 g/mol. The van der Waals surface area contributed by atoms with Crippen molar-refractivity contribution < 1.29 is 0 Å². The number of nitrogens with zero attached hydrogens (tertiary/aromatic N) is 4. The van der Waals surface area contributed by atoms with Crippen LogP contribution in [0, 0.1) is 0 Å². The topological polar surface area (TPSA) is 55.6 Å². The van der Waals surface area contributed by atoms with E-state index >= 15 is 0 Å². The Labute approximate surface area is 117 Å². The summed E-state index contributed by atoms with van der Waals surface area (Å²) in [5.41, 5.74) is 3.24. The van der Waals surface area contributed by atoms with E-state index in [4.69, 9.17) is 0 Å². The molecule has 0 aliphatic carbocycles. The number of pyridine rings is 1. The summed E-state index contributed by atoms with van der Waals surface area (Å²) in [6, 6.07) is 10.6. The number of hydrogen-bond acceptors (Lipinski definition) is 4. The van der Waals surface area contributed by atoms with Crippen molar-refractivity contribution in [1.29, 1.82) is 0 Å². The van der Waals surface area contributed by atoms with Crippen LogP contribution in [0.2, 0.25) is 0 Å². The van der Waals surface area contributed by atoms with Crippen molar-refractivity contribution in [2.75, 3.05) is 7.05 Å². The van der Waals surface area contributed by atoms with E-state index < -0.39 is 0 Å². The van der Waals surface area contributed by atoms with Gasteiger partial charge in [-0.1, -0.05) is 17.3 Å². The molecule has 0 spiro atoms. The van der Waals surface area contributed by atoms with E-state index in [1.54, 1.807) is 4.68 Å². The molecule has 1 aromatic carbocycles. The SMILES string of the molecule is CNC(Cc1cn(C)nn1)c1ccc2ncccc2c1. The van der Waals surface area contributed by atoms with E-state index in [1.165, 1.54) is 5.56 Å². The summed E-state index contributed by atoms with van der Waals surface area (Å²) in [5.74, 6) is 0. The van der Waals surface area contributed by atoms with Gasteiger partial charge in [-0.15, -0.1) is 5.10 Å². The second-order valence-corrected chi connectivity index (χ2v) is 4.88. The molecule has 0 aliphatic heterocycles. The van der Waals surface area contributed by atoms with Crippen molar-refractivity contribution in [3.05, 3.63) is 54.0 Å². The van der Waals surface area contributed by atoms with E-state index in [0.717, 1.165) is 23.0 Å². The molecule has 3 aromatic rings. The third kappa shape index (κ3) is 2.53. The van der Waals surface area contributed by atoms with E-state index in [2.05, 4.69) is 44.9 Å². The Morgan fingerprint density at radius 2 is 2.20 bits per heavy atom. The molecule has 5 heteroatoms. The predicted octanol–water partition coefficient (Wildman–Crippen LogP) is 1.87. The van der Waals surface area contributed by atoms with Crippen LogP contribution in [-0.4, -0.2) is 27.0 Å². The molecule has 0 saturated heterocycles. The van der Waals surface area contributed by atoms with Gasteiger partial charge < -0.3 is 5.32 Å². The van der Waals surface area contributed by atoms with Gasteiger partial charge in [0.2, 0.25) is 0 Å². The molecule has 1 unspecified atom stereocenters. The highest BCUT2D eigenvalue weighted by Gasteiger charge is 2.12. The van der Waals surface area contributed by atoms with Crippen LogP contribution in [0.1, 0.15) is 17.3 Å². The fourth-order valence-corrected chi connectivity index (χ4v) is 2.40. The third-order valence-corrected chi connectivity index (χ3v) is 3.44. The number of fused-ring (bicyclic) bond motifs is 1. The minimum atomic E-state index is 0.219. The lowest BCUT2D eigenvalue weighted by Gasteiger charge is -2.15. The first-order chi connectivity index (χ1) is 9.76. The standard InChI is InChI=1S/C15H17N5/c1-16-15(9-13-10-20(2)19-18-13)12-5-6-14-11(8-12)4-3-7-17-14/h3-8,10,15-16H,9H2,1-2H3. The lowest BCUT2D eigenvalue weighted by molar-refractivity contribution is 0.584. The second kappa shape index (κ2) is 5.38. The molecule has 1 N–H and O–H groups in total. The highest BCUT2D eigenvalue weighted by molar-refractivity contribution is 5.79. The number of aryl methyl sites for hydroxylation is 1. The maximum absolute atomic E-state index is 4.35. The minimum Gasteiger partial charge on any atom is -0.313 e. The smallest absolute Gasteiger partial charge is 0.0845 e.